The normalized spacial score (nSPS) is 18.0. The van der Waals surface area contributed by atoms with Gasteiger partial charge in [0.25, 0.3) is 0 Å². The van der Waals surface area contributed by atoms with Gasteiger partial charge in [-0.2, -0.15) is 0 Å². The van der Waals surface area contributed by atoms with Crippen molar-refractivity contribution in [3.63, 3.8) is 0 Å². The van der Waals surface area contributed by atoms with Gasteiger partial charge >= 0.3 is 0 Å². The highest BCUT2D eigenvalue weighted by molar-refractivity contribution is 5.37. The number of rotatable bonds is 6. The molecule has 0 saturated carbocycles. The number of hydrogen-bond donors (Lipinski definition) is 2. The predicted octanol–water partition coefficient (Wildman–Crippen LogP) is 1.76. The van der Waals surface area contributed by atoms with E-state index >= 15 is 0 Å². The largest absolute Gasteiger partial charge is 0.491 e. The standard InChI is InChI=1S/C17H28N2O2/c1-13(2)15-5-4-14(3)17(10-15)21-12-16(20)11-19-8-6-18-7-9-19/h4-5,10,13,16,18,20H,6-9,11-12H2,1-3H3. The molecule has 1 aromatic carbocycles. The Labute approximate surface area is 128 Å². The van der Waals surface area contributed by atoms with Crippen LogP contribution in [0.3, 0.4) is 0 Å². The van der Waals surface area contributed by atoms with E-state index in [4.69, 9.17) is 4.74 Å². The number of ether oxygens (including phenoxy) is 1. The monoisotopic (exact) mass is 292 g/mol. The van der Waals surface area contributed by atoms with Crippen LogP contribution in [0.15, 0.2) is 18.2 Å². The quantitative estimate of drug-likeness (QED) is 0.839. The van der Waals surface area contributed by atoms with E-state index in [2.05, 4.69) is 42.3 Å². The Bertz CT molecular complexity index is 442. The van der Waals surface area contributed by atoms with Gasteiger partial charge in [0.05, 0.1) is 0 Å². The zero-order valence-electron chi connectivity index (χ0n) is 13.4. The molecule has 2 N–H and O–H groups in total. The lowest BCUT2D eigenvalue weighted by Crippen LogP contribution is -2.47. The van der Waals surface area contributed by atoms with E-state index in [1.165, 1.54) is 5.56 Å². The van der Waals surface area contributed by atoms with E-state index in [0.717, 1.165) is 37.5 Å². The highest BCUT2D eigenvalue weighted by Crippen LogP contribution is 2.24. The summed E-state index contributed by atoms with van der Waals surface area (Å²) < 4.78 is 5.84. The minimum Gasteiger partial charge on any atom is -0.491 e. The van der Waals surface area contributed by atoms with Crippen LogP contribution in [0, 0.1) is 6.92 Å². The van der Waals surface area contributed by atoms with Crippen molar-refractivity contribution >= 4 is 0 Å². The Morgan fingerprint density at radius 1 is 1.29 bits per heavy atom. The van der Waals surface area contributed by atoms with Crippen molar-refractivity contribution in [3.8, 4) is 5.75 Å². The summed E-state index contributed by atoms with van der Waals surface area (Å²) in [6.45, 7) is 11.4. The zero-order chi connectivity index (χ0) is 15.2. The van der Waals surface area contributed by atoms with Crippen LogP contribution in [-0.4, -0.2) is 55.4 Å². The molecule has 0 radical (unpaired) electrons. The number of benzene rings is 1. The molecule has 2 rings (SSSR count). The second-order valence-electron chi connectivity index (χ2n) is 6.20. The fraction of sp³-hybridized carbons (Fsp3) is 0.647. The first-order valence-electron chi connectivity index (χ1n) is 7.90. The fourth-order valence-electron chi connectivity index (χ4n) is 2.56. The minimum atomic E-state index is -0.440. The summed E-state index contributed by atoms with van der Waals surface area (Å²) in [4.78, 5) is 2.28. The van der Waals surface area contributed by atoms with Gasteiger partial charge in [0, 0.05) is 32.7 Å². The van der Waals surface area contributed by atoms with Gasteiger partial charge in [-0.25, -0.2) is 0 Å². The van der Waals surface area contributed by atoms with Crippen LogP contribution in [0.1, 0.15) is 30.9 Å². The third-order valence-electron chi connectivity index (χ3n) is 3.99. The Balaban J connectivity index is 1.85. The Kier molecular flexibility index (Phi) is 6.03. The second-order valence-corrected chi connectivity index (χ2v) is 6.20. The van der Waals surface area contributed by atoms with Gasteiger partial charge in [-0.15, -0.1) is 0 Å². The van der Waals surface area contributed by atoms with Gasteiger partial charge in [0.1, 0.15) is 18.5 Å². The minimum absolute atomic E-state index is 0.353. The SMILES string of the molecule is Cc1ccc(C(C)C)cc1OCC(O)CN1CCNCC1. The summed E-state index contributed by atoms with van der Waals surface area (Å²) in [5.41, 5.74) is 2.39. The third kappa shape index (κ3) is 4.99. The Morgan fingerprint density at radius 2 is 2.00 bits per heavy atom. The Hall–Kier alpha value is -1.10. The lowest BCUT2D eigenvalue weighted by Gasteiger charge is -2.29. The summed E-state index contributed by atoms with van der Waals surface area (Å²) in [6, 6.07) is 6.33. The maximum atomic E-state index is 10.1. The number of nitrogens with one attached hydrogen (secondary N) is 1. The van der Waals surface area contributed by atoms with Crippen LogP contribution < -0.4 is 10.1 Å². The van der Waals surface area contributed by atoms with Crippen molar-refractivity contribution in [2.24, 2.45) is 0 Å². The molecule has 0 aliphatic carbocycles. The number of hydrogen-bond acceptors (Lipinski definition) is 4. The van der Waals surface area contributed by atoms with E-state index in [1.807, 2.05) is 6.92 Å². The first-order chi connectivity index (χ1) is 10.1. The first kappa shape index (κ1) is 16.3. The average Bonchev–Trinajstić information content (AvgIpc) is 2.47. The van der Waals surface area contributed by atoms with Crippen molar-refractivity contribution in [3.05, 3.63) is 29.3 Å². The number of aliphatic hydroxyl groups excluding tert-OH is 1. The van der Waals surface area contributed by atoms with Gasteiger partial charge in [0.15, 0.2) is 0 Å². The number of aryl methyl sites for hydroxylation is 1. The summed E-state index contributed by atoms with van der Waals surface area (Å²) in [5.74, 6) is 1.37. The molecule has 1 saturated heterocycles. The van der Waals surface area contributed by atoms with Crippen LogP contribution >= 0.6 is 0 Å². The van der Waals surface area contributed by atoms with Gasteiger partial charge in [0.2, 0.25) is 0 Å². The molecular formula is C17H28N2O2. The van der Waals surface area contributed by atoms with Crippen LogP contribution in [0.4, 0.5) is 0 Å². The lowest BCUT2D eigenvalue weighted by atomic mass is 10.0. The summed E-state index contributed by atoms with van der Waals surface area (Å²) in [7, 11) is 0. The van der Waals surface area contributed by atoms with Crippen LogP contribution in [-0.2, 0) is 0 Å². The van der Waals surface area contributed by atoms with Crippen LogP contribution in [0.25, 0.3) is 0 Å². The first-order valence-corrected chi connectivity index (χ1v) is 7.90. The summed E-state index contributed by atoms with van der Waals surface area (Å²) in [5, 5.41) is 13.5. The summed E-state index contributed by atoms with van der Waals surface area (Å²) >= 11 is 0. The van der Waals surface area contributed by atoms with Crippen molar-refractivity contribution < 1.29 is 9.84 Å². The molecule has 1 aromatic rings. The van der Waals surface area contributed by atoms with E-state index in [0.29, 0.717) is 19.1 Å². The molecule has 4 heteroatoms. The van der Waals surface area contributed by atoms with Crippen LogP contribution in [0.2, 0.25) is 0 Å². The number of aliphatic hydroxyl groups is 1. The van der Waals surface area contributed by atoms with Gasteiger partial charge in [-0.05, 0) is 30.0 Å². The van der Waals surface area contributed by atoms with Crippen molar-refractivity contribution in [1.29, 1.82) is 0 Å². The van der Waals surface area contributed by atoms with E-state index in [9.17, 15) is 5.11 Å². The zero-order valence-corrected chi connectivity index (χ0v) is 13.4. The van der Waals surface area contributed by atoms with E-state index in [-0.39, 0.29) is 0 Å². The highest BCUT2D eigenvalue weighted by Gasteiger charge is 2.15. The van der Waals surface area contributed by atoms with E-state index < -0.39 is 6.10 Å². The third-order valence-corrected chi connectivity index (χ3v) is 3.99. The van der Waals surface area contributed by atoms with Crippen molar-refractivity contribution in [2.45, 2.75) is 32.8 Å². The smallest absolute Gasteiger partial charge is 0.122 e. The molecule has 1 aliphatic heterocycles. The topological polar surface area (TPSA) is 44.7 Å². The fourth-order valence-corrected chi connectivity index (χ4v) is 2.56. The molecule has 0 bridgehead atoms. The van der Waals surface area contributed by atoms with E-state index in [1.54, 1.807) is 0 Å². The Morgan fingerprint density at radius 3 is 2.67 bits per heavy atom. The maximum Gasteiger partial charge on any atom is 0.122 e. The lowest BCUT2D eigenvalue weighted by molar-refractivity contribution is 0.0639. The van der Waals surface area contributed by atoms with Crippen molar-refractivity contribution in [2.75, 3.05) is 39.3 Å². The number of piperazine rings is 1. The predicted molar refractivity (Wildman–Crippen MR) is 86.1 cm³/mol. The molecule has 1 fully saturated rings. The van der Waals surface area contributed by atoms with Crippen LogP contribution in [0.5, 0.6) is 5.75 Å². The second kappa shape index (κ2) is 7.78. The molecule has 1 atom stereocenters. The molecular weight excluding hydrogens is 264 g/mol. The number of β-amino-alcohol motifs (C(OH)–C–C–N with tert-alkyl or cyclic N) is 1. The molecule has 1 aliphatic rings. The maximum absolute atomic E-state index is 10.1. The molecule has 4 nitrogen and oxygen atoms in total. The number of nitrogens with zero attached hydrogens (tertiary/aromatic N) is 1. The van der Waals surface area contributed by atoms with Gasteiger partial charge in [-0.3, -0.25) is 4.90 Å². The molecule has 1 unspecified atom stereocenters. The molecule has 0 spiro atoms. The van der Waals surface area contributed by atoms with Crippen molar-refractivity contribution in [1.82, 2.24) is 10.2 Å². The molecule has 1 heterocycles. The highest BCUT2D eigenvalue weighted by atomic mass is 16.5. The molecule has 118 valence electrons. The molecule has 0 aromatic heterocycles. The molecule has 21 heavy (non-hydrogen) atoms. The molecule has 0 amide bonds. The van der Waals surface area contributed by atoms with Gasteiger partial charge in [-0.1, -0.05) is 26.0 Å². The summed E-state index contributed by atoms with van der Waals surface area (Å²) in [6.07, 6.45) is -0.440. The average molecular weight is 292 g/mol. The van der Waals surface area contributed by atoms with Gasteiger partial charge < -0.3 is 15.2 Å².